The minimum atomic E-state index is 0.0750. The molecular weight excluding hydrogens is 224 g/mol. The normalized spacial score (nSPS) is 22.8. The van der Waals surface area contributed by atoms with Crippen molar-refractivity contribution in [2.75, 3.05) is 13.1 Å². The average molecular weight is 246 g/mol. The number of nitrogens with zero attached hydrogens (tertiary/aromatic N) is 1. The highest BCUT2D eigenvalue weighted by molar-refractivity contribution is 5.79. The van der Waals surface area contributed by atoms with E-state index in [9.17, 15) is 4.79 Å². The quantitative estimate of drug-likeness (QED) is 0.865. The van der Waals surface area contributed by atoms with Crippen LogP contribution in [0, 0.1) is 5.41 Å². The summed E-state index contributed by atoms with van der Waals surface area (Å²) in [4.78, 5) is 14.1. The molecule has 1 aromatic carbocycles. The maximum absolute atomic E-state index is 12.2. The number of piperidine rings is 1. The van der Waals surface area contributed by atoms with Crippen LogP contribution < -0.4 is 5.73 Å². The lowest BCUT2D eigenvalue weighted by molar-refractivity contribution is -0.133. The summed E-state index contributed by atoms with van der Waals surface area (Å²) in [6.45, 7) is 5.86. The zero-order chi connectivity index (χ0) is 13.2. The standard InChI is InChI=1S/C15H22N2O/c1-15(2)8-9-17(11-13(15)16)14(18)10-12-6-4-3-5-7-12/h3-7,13H,8-11,16H2,1-2H3. The molecule has 1 aliphatic rings. The van der Waals surface area contributed by atoms with Crippen molar-refractivity contribution >= 4 is 5.91 Å². The van der Waals surface area contributed by atoms with Gasteiger partial charge in [-0.1, -0.05) is 44.2 Å². The molecule has 0 saturated carbocycles. The Morgan fingerprint density at radius 2 is 2.06 bits per heavy atom. The van der Waals surface area contributed by atoms with Gasteiger partial charge in [0.05, 0.1) is 6.42 Å². The van der Waals surface area contributed by atoms with Gasteiger partial charge in [-0.15, -0.1) is 0 Å². The molecule has 0 aliphatic carbocycles. The lowest BCUT2D eigenvalue weighted by atomic mass is 9.78. The van der Waals surface area contributed by atoms with Crippen LogP contribution in [0.25, 0.3) is 0 Å². The molecule has 1 unspecified atom stereocenters. The first-order valence-electron chi connectivity index (χ1n) is 6.56. The van der Waals surface area contributed by atoms with Gasteiger partial charge >= 0.3 is 0 Å². The smallest absolute Gasteiger partial charge is 0.227 e. The highest BCUT2D eigenvalue weighted by atomic mass is 16.2. The molecule has 1 fully saturated rings. The van der Waals surface area contributed by atoms with Crippen LogP contribution in [-0.2, 0) is 11.2 Å². The summed E-state index contributed by atoms with van der Waals surface area (Å²) in [5.74, 6) is 0.187. The van der Waals surface area contributed by atoms with Crippen LogP contribution in [0.15, 0.2) is 30.3 Å². The summed E-state index contributed by atoms with van der Waals surface area (Å²) in [6.07, 6.45) is 1.46. The first kappa shape index (κ1) is 13.1. The van der Waals surface area contributed by atoms with E-state index in [2.05, 4.69) is 13.8 Å². The van der Waals surface area contributed by atoms with Gasteiger partial charge in [-0.3, -0.25) is 4.79 Å². The van der Waals surface area contributed by atoms with E-state index < -0.39 is 0 Å². The van der Waals surface area contributed by atoms with Crippen molar-refractivity contribution in [1.82, 2.24) is 4.90 Å². The summed E-state index contributed by atoms with van der Waals surface area (Å²) >= 11 is 0. The Kier molecular flexibility index (Phi) is 3.71. The predicted molar refractivity (Wildman–Crippen MR) is 73.1 cm³/mol. The van der Waals surface area contributed by atoms with E-state index in [1.165, 1.54) is 0 Å². The van der Waals surface area contributed by atoms with Crippen molar-refractivity contribution < 1.29 is 4.79 Å². The van der Waals surface area contributed by atoms with Gasteiger partial charge in [-0.2, -0.15) is 0 Å². The van der Waals surface area contributed by atoms with Crippen LogP contribution in [0.3, 0.4) is 0 Å². The number of hydrogen-bond acceptors (Lipinski definition) is 2. The van der Waals surface area contributed by atoms with Crippen LogP contribution in [0.1, 0.15) is 25.8 Å². The van der Waals surface area contributed by atoms with Crippen molar-refractivity contribution in [3.8, 4) is 0 Å². The van der Waals surface area contributed by atoms with Gasteiger partial charge in [0.1, 0.15) is 0 Å². The molecule has 0 radical (unpaired) electrons. The van der Waals surface area contributed by atoms with Gasteiger partial charge in [0.2, 0.25) is 5.91 Å². The SMILES string of the molecule is CC1(C)CCN(C(=O)Cc2ccccc2)CC1N. The first-order chi connectivity index (χ1) is 8.49. The number of carbonyl (C=O) groups is 1. The fraction of sp³-hybridized carbons (Fsp3) is 0.533. The molecule has 1 saturated heterocycles. The molecule has 1 atom stereocenters. The fourth-order valence-corrected chi connectivity index (χ4v) is 2.29. The van der Waals surface area contributed by atoms with Crippen LogP contribution in [0.5, 0.6) is 0 Å². The lowest BCUT2D eigenvalue weighted by Crippen LogP contribution is -2.54. The molecule has 0 spiro atoms. The van der Waals surface area contributed by atoms with Gasteiger partial charge in [0, 0.05) is 19.1 Å². The predicted octanol–water partition coefficient (Wildman–Crippen LogP) is 1.81. The molecule has 1 amide bonds. The van der Waals surface area contributed by atoms with Crippen molar-refractivity contribution in [1.29, 1.82) is 0 Å². The van der Waals surface area contributed by atoms with E-state index in [0.717, 1.165) is 18.5 Å². The molecule has 98 valence electrons. The first-order valence-corrected chi connectivity index (χ1v) is 6.56. The highest BCUT2D eigenvalue weighted by Crippen LogP contribution is 2.29. The molecular formula is C15H22N2O. The third-order valence-electron chi connectivity index (χ3n) is 4.00. The Hall–Kier alpha value is -1.35. The summed E-state index contributed by atoms with van der Waals surface area (Å²) in [7, 11) is 0. The number of carbonyl (C=O) groups excluding carboxylic acids is 1. The lowest BCUT2D eigenvalue weighted by Gasteiger charge is -2.42. The Morgan fingerprint density at radius 1 is 1.39 bits per heavy atom. The van der Waals surface area contributed by atoms with Gasteiger partial charge < -0.3 is 10.6 Å². The van der Waals surface area contributed by atoms with Gasteiger partial charge in [0.25, 0.3) is 0 Å². The summed E-state index contributed by atoms with van der Waals surface area (Å²) in [6, 6.07) is 9.96. The number of rotatable bonds is 2. The van der Waals surface area contributed by atoms with Crippen molar-refractivity contribution in [2.45, 2.75) is 32.7 Å². The Balaban J connectivity index is 1.95. The van der Waals surface area contributed by atoms with Crippen LogP contribution in [0.2, 0.25) is 0 Å². The number of likely N-dealkylation sites (tertiary alicyclic amines) is 1. The zero-order valence-electron chi connectivity index (χ0n) is 11.2. The fourth-order valence-electron chi connectivity index (χ4n) is 2.29. The van der Waals surface area contributed by atoms with Gasteiger partial charge in [-0.25, -0.2) is 0 Å². The Morgan fingerprint density at radius 3 is 2.67 bits per heavy atom. The molecule has 1 heterocycles. The summed E-state index contributed by atoms with van der Waals surface area (Å²) in [5, 5.41) is 0. The largest absolute Gasteiger partial charge is 0.341 e. The second-order valence-electron chi connectivity index (χ2n) is 5.85. The van der Waals surface area contributed by atoms with E-state index in [4.69, 9.17) is 5.73 Å². The van der Waals surface area contributed by atoms with Crippen LogP contribution >= 0.6 is 0 Å². The molecule has 2 N–H and O–H groups in total. The molecule has 1 aliphatic heterocycles. The third kappa shape index (κ3) is 2.91. The number of nitrogens with two attached hydrogens (primary N) is 1. The van der Waals surface area contributed by atoms with Gasteiger partial charge in [0.15, 0.2) is 0 Å². The minimum Gasteiger partial charge on any atom is -0.341 e. The minimum absolute atomic E-state index is 0.0750. The summed E-state index contributed by atoms with van der Waals surface area (Å²) in [5.41, 5.74) is 7.35. The molecule has 0 bridgehead atoms. The highest BCUT2D eigenvalue weighted by Gasteiger charge is 2.34. The maximum atomic E-state index is 12.2. The third-order valence-corrected chi connectivity index (χ3v) is 4.00. The second kappa shape index (κ2) is 5.11. The van der Waals surface area contributed by atoms with Gasteiger partial charge in [-0.05, 0) is 17.4 Å². The summed E-state index contributed by atoms with van der Waals surface area (Å²) < 4.78 is 0. The van der Waals surface area contributed by atoms with E-state index in [1.807, 2.05) is 35.2 Å². The maximum Gasteiger partial charge on any atom is 0.227 e. The molecule has 0 aromatic heterocycles. The average Bonchev–Trinajstić information content (AvgIpc) is 2.34. The molecule has 3 nitrogen and oxygen atoms in total. The van der Waals surface area contributed by atoms with Crippen LogP contribution in [0.4, 0.5) is 0 Å². The van der Waals surface area contributed by atoms with E-state index in [-0.39, 0.29) is 17.4 Å². The zero-order valence-corrected chi connectivity index (χ0v) is 11.2. The Bertz CT molecular complexity index is 414. The Labute approximate surface area is 109 Å². The van der Waals surface area contributed by atoms with E-state index in [0.29, 0.717) is 13.0 Å². The van der Waals surface area contributed by atoms with Crippen molar-refractivity contribution in [2.24, 2.45) is 11.1 Å². The number of benzene rings is 1. The second-order valence-corrected chi connectivity index (χ2v) is 5.85. The molecule has 18 heavy (non-hydrogen) atoms. The van der Waals surface area contributed by atoms with Crippen molar-refractivity contribution in [3.05, 3.63) is 35.9 Å². The number of hydrogen-bond donors (Lipinski definition) is 1. The molecule has 2 rings (SSSR count). The molecule has 3 heteroatoms. The monoisotopic (exact) mass is 246 g/mol. The van der Waals surface area contributed by atoms with Crippen LogP contribution in [-0.4, -0.2) is 29.9 Å². The molecule has 1 aromatic rings. The number of amides is 1. The topological polar surface area (TPSA) is 46.3 Å². The van der Waals surface area contributed by atoms with E-state index in [1.54, 1.807) is 0 Å². The van der Waals surface area contributed by atoms with E-state index >= 15 is 0 Å². The van der Waals surface area contributed by atoms with Crippen molar-refractivity contribution in [3.63, 3.8) is 0 Å².